The molecule has 1 saturated heterocycles. The van der Waals surface area contributed by atoms with E-state index >= 15 is 0 Å². The predicted molar refractivity (Wildman–Crippen MR) is 137 cm³/mol. The molecule has 42 heavy (non-hydrogen) atoms. The number of nitrogens with one attached hydrogen (secondary N) is 1. The fourth-order valence-electron chi connectivity index (χ4n) is 5.03. The van der Waals surface area contributed by atoms with E-state index < -0.39 is 73.9 Å². The minimum absolute atomic E-state index is 0.149. The van der Waals surface area contributed by atoms with Crippen LogP contribution in [0.1, 0.15) is 36.1 Å². The number of aromatic nitrogens is 2. The smallest absolute Gasteiger partial charge is 0.343 e. The summed E-state index contributed by atoms with van der Waals surface area (Å²) < 4.78 is 109. The van der Waals surface area contributed by atoms with Crippen LogP contribution in [-0.4, -0.2) is 47.5 Å². The summed E-state index contributed by atoms with van der Waals surface area (Å²) in [6.45, 7) is 1.16. The third-order valence-electron chi connectivity index (χ3n) is 7.38. The van der Waals surface area contributed by atoms with Crippen LogP contribution < -0.4 is 10.2 Å². The zero-order valence-electron chi connectivity index (χ0n) is 21.9. The lowest BCUT2D eigenvalue weighted by Gasteiger charge is -2.27. The standard InChI is InChI=1S/C27H23F6N5O3S/c1-16-12-23(38(36-16)18-8-6-17(7-9-18)26(28,29)30)37-14-19(13-21(37)24(39)35-25(15-34)10-11-25)42(40,41)22-5-3-2-4-20(22)27(31,32)33/h2-9,12,19,21H,10-11,13-14H2,1H3,(H,35,39)/t19-,21+/m1/s1. The first-order chi connectivity index (χ1) is 19.6. The van der Waals surface area contributed by atoms with Crippen molar-refractivity contribution in [1.29, 1.82) is 5.26 Å². The summed E-state index contributed by atoms with van der Waals surface area (Å²) in [6.07, 6.45) is -9.19. The van der Waals surface area contributed by atoms with Crippen LogP contribution in [0, 0.1) is 18.3 Å². The Morgan fingerprint density at radius 1 is 1.05 bits per heavy atom. The van der Waals surface area contributed by atoms with Gasteiger partial charge < -0.3 is 10.2 Å². The van der Waals surface area contributed by atoms with Gasteiger partial charge in [0, 0.05) is 12.6 Å². The van der Waals surface area contributed by atoms with Crippen LogP contribution >= 0.6 is 0 Å². The van der Waals surface area contributed by atoms with Gasteiger partial charge in [-0.3, -0.25) is 4.79 Å². The zero-order valence-corrected chi connectivity index (χ0v) is 22.7. The topological polar surface area (TPSA) is 108 Å². The number of halogens is 6. The third-order valence-corrected chi connectivity index (χ3v) is 9.56. The zero-order chi connectivity index (χ0) is 30.7. The molecule has 5 rings (SSSR count). The van der Waals surface area contributed by atoms with E-state index in [1.807, 2.05) is 6.07 Å². The lowest BCUT2D eigenvalue weighted by atomic mass is 10.1. The maximum absolute atomic E-state index is 13.7. The highest BCUT2D eigenvalue weighted by molar-refractivity contribution is 7.92. The molecule has 0 bridgehead atoms. The molecule has 0 unspecified atom stereocenters. The summed E-state index contributed by atoms with van der Waals surface area (Å²) in [5.74, 6) is -0.551. The van der Waals surface area contributed by atoms with Crippen molar-refractivity contribution in [3.63, 3.8) is 0 Å². The van der Waals surface area contributed by atoms with E-state index in [0.29, 0.717) is 24.6 Å². The van der Waals surface area contributed by atoms with Crippen molar-refractivity contribution < 1.29 is 39.6 Å². The van der Waals surface area contributed by atoms with Crippen LogP contribution in [0.3, 0.4) is 0 Å². The fourth-order valence-corrected chi connectivity index (χ4v) is 6.94. The van der Waals surface area contributed by atoms with E-state index in [-0.39, 0.29) is 11.5 Å². The Hall–Kier alpha value is -4.06. The van der Waals surface area contributed by atoms with E-state index in [4.69, 9.17) is 0 Å². The SMILES string of the molecule is Cc1cc(N2C[C@H](S(=O)(=O)c3ccccc3C(F)(F)F)C[C@H]2C(=O)NC2(C#N)CC2)n(-c2ccc(C(F)(F)F)cc2)n1. The second-order valence-electron chi connectivity index (χ2n) is 10.3. The second kappa shape index (κ2) is 10.0. The van der Waals surface area contributed by atoms with Crippen LogP contribution in [0.15, 0.2) is 59.5 Å². The van der Waals surface area contributed by atoms with Crippen molar-refractivity contribution >= 4 is 21.6 Å². The maximum atomic E-state index is 13.7. The molecule has 0 radical (unpaired) electrons. The number of amides is 1. The summed E-state index contributed by atoms with van der Waals surface area (Å²) in [5.41, 5.74) is -2.80. The van der Waals surface area contributed by atoms with Crippen molar-refractivity contribution in [2.75, 3.05) is 11.4 Å². The predicted octanol–water partition coefficient (Wildman–Crippen LogP) is 4.81. The molecule has 2 heterocycles. The number of nitriles is 1. The van der Waals surface area contributed by atoms with Gasteiger partial charge >= 0.3 is 12.4 Å². The first kappa shape index (κ1) is 29.4. The number of rotatable bonds is 6. The molecule has 3 aromatic rings. The van der Waals surface area contributed by atoms with Gasteiger partial charge in [-0.15, -0.1) is 0 Å². The van der Waals surface area contributed by atoms with Crippen LogP contribution in [0.5, 0.6) is 0 Å². The number of anilines is 1. The molecule has 222 valence electrons. The van der Waals surface area contributed by atoms with E-state index in [1.165, 1.54) is 21.7 Å². The average molecular weight is 612 g/mol. The second-order valence-corrected chi connectivity index (χ2v) is 12.5. The number of benzene rings is 2. The van der Waals surface area contributed by atoms with Gasteiger partial charge in [0.15, 0.2) is 9.84 Å². The van der Waals surface area contributed by atoms with E-state index in [2.05, 4.69) is 10.4 Å². The minimum Gasteiger partial charge on any atom is -0.343 e. The first-order valence-electron chi connectivity index (χ1n) is 12.7. The summed E-state index contributed by atoms with van der Waals surface area (Å²) in [5, 5.41) is 14.9. The molecule has 0 spiro atoms. The Labute approximate surface area is 236 Å². The monoisotopic (exact) mass is 611 g/mol. The fraction of sp³-hybridized carbons (Fsp3) is 0.370. The average Bonchev–Trinajstić information content (AvgIpc) is 3.36. The van der Waals surface area contributed by atoms with E-state index in [1.54, 1.807) is 6.92 Å². The summed E-state index contributed by atoms with van der Waals surface area (Å²) in [7, 11) is -4.65. The lowest BCUT2D eigenvalue weighted by molar-refractivity contribution is -0.140. The Balaban J connectivity index is 1.56. The number of carbonyl (C=O) groups excluding carboxylic acids is 1. The van der Waals surface area contributed by atoms with Gasteiger partial charge in [-0.1, -0.05) is 12.1 Å². The molecule has 2 aliphatic rings. The van der Waals surface area contributed by atoms with Gasteiger partial charge in [0.25, 0.3) is 0 Å². The largest absolute Gasteiger partial charge is 0.417 e. The minimum atomic E-state index is -4.96. The van der Waals surface area contributed by atoms with Gasteiger partial charge in [0.05, 0.1) is 38.7 Å². The van der Waals surface area contributed by atoms with Gasteiger partial charge in [-0.05, 0) is 62.6 Å². The van der Waals surface area contributed by atoms with Crippen molar-refractivity contribution in [2.45, 2.75) is 60.3 Å². The Kier molecular flexibility index (Phi) is 7.04. The molecule has 1 aromatic heterocycles. The number of hydrogen-bond donors (Lipinski definition) is 1. The maximum Gasteiger partial charge on any atom is 0.417 e. The Bertz CT molecular complexity index is 1670. The molecule has 1 aliphatic heterocycles. The molecule has 2 aromatic carbocycles. The molecule has 8 nitrogen and oxygen atoms in total. The van der Waals surface area contributed by atoms with Gasteiger partial charge in [0.2, 0.25) is 5.91 Å². The number of aryl methyl sites for hydroxylation is 1. The van der Waals surface area contributed by atoms with Crippen molar-refractivity contribution in [1.82, 2.24) is 15.1 Å². The number of alkyl halides is 6. The highest BCUT2D eigenvalue weighted by Crippen LogP contribution is 2.40. The molecule has 2 fully saturated rings. The van der Waals surface area contributed by atoms with Crippen LogP contribution in [0.4, 0.5) is 32.2 Å². The summed E-state index contributed by atoms with van der Waals surface area (Å²) in [4.78, 5) is 13.9. The number of nitrogens with zero attached hydrogens (tertiary/aromatic N) is 4. The van der Waals surface area contributed by atoms with Crippen molar-refractivity contribution in [3.05, 3.63) is 71.4 Å². The van der Waals surface area contributed by atoms with Crippen LogP contribution in [0.25, 0.3) is 5.69 Å². The number of carbonyl (C=O) groups is 1. The molecule has 2 atom stereocenters. The first-order valence-corrected chi connectivity index (χ1v) is 14.2. The number of hydrogen-bond acceptors (Lipinski definition) is 6. The molecule has 1 aliphatic carbocycles. The molecule has 1 amide bonds. The van der Waals surface area contributed by atoms with Crippen molar-refractivity contribution in [2.24, 2.45) is 0 Å². The lowest BCUT2D eigenvalue weighted by Crippen LogP contribution is -2.48. The Morgan fingerprint density at radius 2 is 1.69 bits per heavy atom. The molecule has 1 N–H and O–H groups in total. The van der Waals surface area contributed by atoms with Crippen molar-refractivity contribution in [3.8, 4) is 11.8 Å². The molecular formula is C27H23F6N5O3S. The normalized spacial score (nSPS) is 20.3. The van der Waals surface area contributed by atoms with E-state index in [9.17, 15) is 44.8 Å². The Morgan fingerprint density at radius 3 is 2.26 bits per heavy atom. The van der Waals surface area contributed by atoms with Gasteiger partial charge in [-0.2, -0.15) is 36.7 Å². The molecule has 1 saturated carbocycles. The van der Waals surface area contributed by atoms with E-state index in [0.717, 1.165) is 36.4 Å². The highest BCUT2D eigenvalue weighted by Gasteiger charge is 2.51. The molecular weight excluding hydrogens is 588 g/mol. The number of sulfone groups is 1. The third kappa shape index (κ3) is 5.42. The highest BCUT2D eigenvalue weighted by atomic mass is 32.2. The van der Waals surface area contributed by atoms with Crippen LogP contribution in [-0.2, 0) is 27.0 Å². The van der Waals surface area contributed by atoms with Gasteiger partial charge in [0.1, 0.15) is 17.4 Å². The van der Waals surface area contributed by atoms with Crippen LogP contribution in [0.2, 0.25) is 0 Å². The summed E-state index contributed by atoms with van der Waals surface area (Å²) in [6, 6.07) is 10.0. The quantitative estimate of drug-likeness (QED) is 0.401. The van der Waals surface area contributed by atoms with Gasteiger partial charge in [-0.25, -0.2) is 13.1 Å². The molecule has 15 heteroatoms. The summed E-state index contributed by atoms with van der Waals surface area (Å²) >= 11 is 0.